The molecule has 0 radical (unpaired) electrons. The van der Waals surface area contributed by atoms with Gasteiger partial charge in [0.2, 0.25) is 0 Å². The van der Waals surface area contributed by atoms with Gasteiger partial charge in [0.25, 0.3) is 5.91 Å². The van der Waals surface area contributed by atoms with Gasteiger partial charge in [0.1, 0.15) is 0 Å². The lowest BCUT2D eigenvalue weighted by Crippen LogP contribution is -2.26. The molecule has 0 aliphatic heterocycles. The van der Waals surface area contributed by atoms with Gasteiger partial charge in [-0.15, -0.1) is 0 Å². The molecule has 4 nitrogen and oxygen atoms in total. The third-order valence-electron chi connectivity index (χ3n) is 2.84. The van der Waals surface area contributed by atoms with Gasteiger partial charge in [-0.1, -0.05) is 46.3 Å². The molecule has 0 saturated heterocycles. The standard InChI is InChI=1S/C16H16BrN3O/c1-12(13-5-3-2-4-6-13)19-20-16(21)11-18-15-9-7-14(17)8-10-15/h2-10,18H,11H2,1H3,(H,20,21)/b19-12+. The van der Waals surface area contributed by atoms with Crippen LogP contribution in [0.5, 0.6) is 0 Å². The summed E-state index contributed by atoms with van der Waals surface area (Å²) in [7, 11) is 0. The molecular weight excluding hydrogens is 330 g/mol. The van der Waals surface area contributed by atoms with Crippen LogP contribution in [0.1, 0.15) is 12.5 Å². The number of amides is 1. The van der Waals surface area contributed by atoms with Crippen LogP contribution < -0.4 is 10.7 Å². The lowest BCUT2D eigenvalue weighted by atomic mass is 10.1. The van der Waals surface area contributed by atoms with Crippen LogP contribution in [0.3, 0.4) is 0 Å². The van der Waals surface area contributed by atoms with Crippen LogP contribution >= 0.6 is 15.9 Å². The minimum absolute atomic E-state index is 0.174. The second kappa shape index (κ2) is 7.59. The summed E-state index contributed by atoms with van der Waals surface area (Å²) in [5.41, 5.74) is 5.18. The molecule has 0 aliphatic rings. The fraction of sp³-hybridized carbons (Fsp3) is 0.125. The second-order valence-electron chi connectivity index (χ2n) is 4.46. The van der Waals surface area contributed by atoms with Crippen molar-refractivity contribution in [3.8, 4) is 0 Å². The zero-order valence-corrected chi connectivity index (χ0v) is 13.2. The molecule has 21 heavy (non-hydrogen) atoms. The van der Waals surface area contributed by atoms with E-state index in [4.69, 9.17) is 0 Å². The van der Waals surface area contributed by atoms with Crippen molar-refractivity contribution in [3.63, 3.8) is 0 Å². The summed E-state index contributed by atoms with van der Waals surface area (Å²) < 4.78 is 1.00. The normalized spacial score (nSPS) is 11.0. The van der Waals surface area contributed by atoms with Gasteiger partial charge < -0.3 is 5.32 Å². The molecule has 0 aromatic heterocycles. The fourth-order valence-electron chi connectivity index (χ4n) is 1.68. The van der Waals surface area contributed by atoms with Gasteiger partial charge in [0.05, 0.1) is 12.3 Å². The van der Waals surface area contributed by atoms with E-state index >= 15 is 0 Å². The molecule has 2 aromatic carbocycles. The number of rotatable bonds is 5. The molecule has 0 fully saturated rings. The van der Waals surface area contributed by atoms with E-state index in [1.54, 1.807) is 0 Å². The zero-order chi connectivity index (χ0) is 15.1. The van der Waals surface area contributed by atoms with Gasteiger partial charge in [-0.25, -0.2) is 5.43 Å². The van der Waals surface area contributed by atoms with Crippen LogP contribution in [0.15, 0.2) is 64.2 Å². The Balaban J connectivity index is 1.83. The third kappa shape index (κ3) is 5.04. The van der Waals surface area contributed by atoms with Gasteiger partial charge in [0.15, 0.2) is 0 Å². The molecule has 1 amide bonds. The monoisotopic (exact) mass is 345 g/mol. The van der Waals surface area contributed by atoms with E-state index in [0.29, 0.717) is 0 Å². The van der Waals surface area contributed by atoms with Crippen molar-refractivity contribution >= 4 is 33.2 Å². The van der Waals surface area contributed by atoms with Crippen molar-refractivity contribution in [1.82, 2.24) is 5.43 Å². The average molecular weight is 346 g/mol. The molecular formula is C16H16BrN3O. The highest BCUT2D eigenvalue weighted by Crippen LogP contribution is 2.13. The van der Waals surface area contributed by atoms with E-state index in [1.165, 1.54) is 0 Å². The Morgan fingerprint density at radius 2 is 1.76 bits per heavy atom. The molecule has 0 unspecified atom stereocenters. The highest BCUT2D eigenvalue weighted by Gasteiger charge is 2.01. The Morgan fingerprint density at radius 3 is 2.43 bits per heavy atom. The summed E-state index contributed by atoms with van der Waals surface area (Å²) in [4.78, 5) is 11.7. The molecule has 0 saturated carbocycles. The molecule has 2 aromatic rings. The summed E-state index contributed by atoms with van der Waals surface area (Å²) in [6.45, 7) is 2.03. The van der Waals surface area contributed by atoms with Crippen LogP contribution in [0.2, 0.25) is 0 Å². The quantitative estimate of drug-likeness (QED) is 0.644. The van der Waals surface area contributed by atoms with Crippen molar-refractivity contribution in [3.05, 3.63) is 64.6 Å². The van der Waals surface area contributed by atoms with Crippen LogP contribution in [0.25, 0.3) is 0 Å². The summed E-state index contributed by atoms with van der Waals surface area (Å²) >= 11 is 3.36. The SMILES string of the molecule is C/C(=N\NC(=O)CNc1ccc(Br)cc1)c1ccccc1. The Bertz CT molecular complexity index is 624. The largest absolute Gasteiger partial charge is 0.376 e. The molecule has 0 aliphatic carbocycles. The summed E-state index contributed by atoms with van der Waals surface area (Å²) in [5.74, 6) is -0.187. The highest BCUT2D eigenvalue weighted by atomic mass is 79.9. The molecule has 0 bridgehead atoms. The second-order valence-corrected chi connectivity index (χ2v) is 5.37. The van der Waals surface area contributed by atoms with Crippen LogP contribution in [0, 0.1) is 0 Å². The van der Waals surface area contributed by atoms with Gasteiger partial charge in [-0.2, -0.15) is 5.10 Å². The molecule has 0 spiro atoms. The minimum atomic E-state index is -0.187. The Labute approximate surface area is 132 Å². The first-order valence-electron chi connectivity index (χ1n) is 6.53. The predicted molar refractivity (Wildman–Crippen MR) is 89.4 cm³/mol. The number of hydrazone groups is 1. The maximum atomic E-state index is 11.7. The predicted octanol–water partition coefficient (Wildman–Crippen LogP) is 3.40. The first-order valence-corrected chi connectivity index (χ1v) is 7.32. The number of hydrogen-bond donors (Lipinski definition) is 2. The Kier molecular flexibility index (Phi) is 5.51. The smallest absolute Gasteiger partial charge is 0.259 e. The van der Waals surface area contributed by atoms with Gasteiger partial charge in [-0.05, 0) is 36.8 Å². The number of benzene rings is 2. The van der Waals surface area contributed by atoms with Crippen molar-refractivity contribution in [2.24, 2.45) is 5.10 Å². The number of anilines is 1. The maximum absolute atomic E-state index is 11.7. The number of halogens is 1. The van der Waals surface area contributed by atoms with E-state index in [9.17, 15) is 4.79 Å². The van der Waals surface area contributed by atoms with E-state index in [0.717, 1.165) is 21.4 Å². The van der Waals surface area contributed by atoms with Crippen LogP contribution in [-0.2, 0) is 4.79 Å². The third-order valence-corrected chi connectivity index (χ3v) is 3.37. The first kappa shape index (κ1) is 15.3. The van der Waals surface area contributed by atoms with E-state index in [-0.39, 0.29) is 12.5 Å². The van der Waals surface area contributed by atoms with Crippen LogP contribution in [0.4, 0.5) is 5.69 Å². The fourth-order valence-corrected chi connectivity index (χ4v) is 1.94. The maximum Gasteiger partial charge on any atom is 0.259 e. The van der Waals surface area contributed by atoms with Crippen LogP contribution in [-0.4, -0.2) is 18.2 Å². The number of carbonyl (C=O) groups is 1. The first-order chi connectivity index (χ1) is 10.1. The number of nitrogens with zero attached hydrogens (tertiary/aromatic N) is 1. The molecule has 0 atom stereocenters. The molecule has 108 valence electrons. The minimum Gasteiger partial charge on any atom is -0.376 e. The van der Waals surface area contributed by atoms with E-state index < -0.39 is 0 Å². The van der Waals surface area contributed by atoms with Crippen molar-refractivity contribution < 1.29 is 4.79 Å². The molecule has 0 heterocycles. The summed E-state index contributed by atoms with van der Waals surface area (Å²) in [6, 6.07) is 17.3. The van der Waals surface area contributed by atoms with Gasteiger partial charge >= 0.3 is 0 Å². The molecule has 2 N–H and O–H groups in total. The Morgan fingerprint density at radius 1 is 1.10 bits per heavy atom. The lowest BCUT2D eigenvalue weighted by Gasteiger charge is -2.06. The van der Waals surface area contributed by atoms with Crippen molar-refractivity contribution in [2.45, 2.75) is 6.92 Å². The molecule has 5 heteroatoms. The van der Waals surface area contributed by atoms with E-state index in [2.05, 4.69) is 31.8 Å². The number of nitrogens with one attached hydrogen (secondary N) is 2. The van der Waals surface area contributed by atoms with Gasteiger partial charge in [0, 0.05) is 10.2 Å². The molecule has 2 rings (SSSR count). The van der Waals surface area contributed by atoms with Crippen molar-refractivity contribution in [2.75, 3.05) is 11.9 Å². The highest BCUT2D eigenvalue weighted by molar-refractivity contribution is 9.10. The summed E-state index contributed by atoms with van der Waals surface area (Å²) in [6.07, 6.45) is 0. The average Bonchev–Trinajstić information content (AvgIpc) is 2.53. The lowest BCUT2D eigenvalue weighted by molar-refractivity contribution is -0.119. The zero-order valence-electron chi connectivity index (χ0n) is 11.6. The van der Waals surface area contributed by atoms with Crippen molar-refractivity contribution in [1.29, 1.82) is 0 Å². The number of hydrogen-bond acceptors (Lipinski definition) is 3. The topological polar surface area (TPSA) is 53.5 Å². The Hall–Kier alpha value is -2.14. The summed E-state index contributed by atoms with van der Waals surface area (Å²) in [5, 5.41) is 7.12. The number of carbonyl (C=O) groups excluding carboxylic acids is 1. The van der Waals surface area contributed by atoms with Gasteiger partial charge in [-0.3, -0.25) is 4.79 Å². The van der Waals surface area contributed by atoms with E-state index in [1.807, 2.05) is 61.5 Å².